The monoisotopic (exact) mass is 381 g/mol. The summed E-state index contributed by atoms with van der Waals surface area (Å²) in [5, 5.41) is 5.81. The molecule has 0 fully saturated rings. The topological polar surface area (TPSA) is 71.1 Å². The molecule has 1 heterocycles. The average molecular weight is 381 g/mol. The van der Waals surface area contributed by atoms with Crippen molar-refractivity contribution in [2.45, 2.75) is 19.3 Å². The number of nitrogens with one attached hydrogen (secondary N) is 2. The normalized spacial score (nSPS) is 12.6. The van der Waals surface area contributed by atoms with Gasteiger partial charge in [-0.1, -0.05) is 18.2 Å². The molecule has 0 saturated heterocycles. The van der Waals surface area contributed by atoms with Crippen LogP contribution in [0.25, 0.3) is 10.9 Å². The molecular weight excluding hydrogens is 364 g/mol. The van der Waals surface area contributed by atoms with Crippen molar-refractivity contribution in [1.82, 2.24) is 10.3 Å². The molecule has 28 heavy (non-hydrogen) atoms. The van der Waals surface area contributed by atoms with E-state index in [-0.39, 0.29) is 18.1 Å². The Kier molecular flexibility index (Phi) is 4.73. The molecule has 4 rings (SSSR count). The number of halogens is 2. The predicted molar refractivity (Wildman–Crippen MR) is 101 cm³/mol. The van der Waals surface area contributed by atoms with Crippen molar-refractivity contribution in [1.29, 1.82) is 0 Å². The Labute approximate surface area is 159 Å². The Hall–Kier alpha value is -3.35. The van der Waals surface area contributed by atoms with Gasteiger partial charge in [0.2, 0.25) is 5.91 Å². The van der Waals surface area contributed by atoms with Crippen molar-refractivity contribution >= 4 is 28.4 Å². The van der Waals surface area contributed by atoms with E-state index in [9.17, 15) is 18.4 Å². The molecule has 2 amide bonds. The number of rotatable bonds is 4. The van der Waals surface area contributed by atoms with Gasteiger partial charge in [0.15, 0.2) is 11.6 Å². The molecule has 0 unspecified atom stereocenters. The van der Waals surface area contributed by atoms with Gasteiger partial charge in [-0.2, -0.15) is 0 Å². The first-order chi connectivity index (χ1) is 13.5. The van der Waals surface area contributed by atoms with Gasteiger partial charge in [-0.05, 0) is 43.0 Å². The summed E-state index contributed by atoms with van der Waals surface area (Å²) < 4.78 is 26.2. The SMILES string of the molecule is O=C(CNC(=O)c1c2c(nc3ccccc13)CCC2)Nc1ccc(F)c(F)c1. The summed E-state index contributed by atoms with van der Waals surface area (Å²) in [6, 6.07) is 10.5. The van der Waals surface area contributed by atoms with Crippen LogP contribution < -0.4 is 10.6 Å². The Morgan fingerprint density at radius 1 is 1.04 bits per heavy atom. The van der Waals surface area contributed by atoms with Crippen LogP contribution in [0.5, 0.6) is 0 Å². The van der Waals surface area contributed by atoms with E-state index >= 15 is 0 Å². The van der Waals surface area contributed by atoms with Gasteiger partial charge in [0.25, 0.3) is 5.91 Å². The molecular formula is C21H17F2N3O2. The second kappa shape index (κ2) is 7.34. The standard InChI is InChI=1S/C21H17F2N3O2/c22-15-9-8-12(10-16(15)23)25-19(27)11-24-21(28)20-13-4-1-2-6-17(13)26-18-7-3-5-14(18)20/h1-2,4,6,8-10H,3,5,7,11H2,(H,24,28)(H,25,27). The molecule has 1 aliphatic rings. The summed E-state index contributed by atoms with van der Waals surface area (Å²) in [5.74, 6) is -2.93. The van der Waals surface area contributed by atoms with Crippen molar-refractivity contribution in [3.8, 4) is 0 Å². The molecule has 0 atom stereocenters. The van der Waals surface area contributed by atoms with Gasteiger partial charge in [-0.3, -0.25) is 14.6 Å². The Morgan fingerprint density at radius 3 is 2.68 bits per heavy atom. The van der Waals surface area contributed by atoms with E-state index in [4.69, 9.17) is 0 Å². The number of carbonyl (C=O) groups excluding carboxylic acids is 2. The number of aryl methyl sites for hydroxylation is 1. The number of nitrogens with zero attached hydrogens (tertiary/aromatic N) is 1. The second-order valence-electron chi connectivity index (χ2n) is 6.64. The zero-order valence-electron chi connectivity index (χ0n) is 14.9. The average Bonchev–Trinajstić information content (AvgIpc) is 3.15. The van der Waals surface area contributed by atoms with E-state index < -0.39 is 17.5 Å². The maximum absolute atomic E-state index is 13.2. The van der Waals surface area contributed by atoms with Crippen LogP contribution in [0.1, 0.15) is 28.0 Å². The number of para-hydroxylation sites is 1. The summed E-state index contributed by atoms with van der Waals surface area (Å²) in [4.78, 5) is 29.6. The highest BCUT2D eigenvalue weighted by Gasteiger charge is 2.23. The van der Waals surface area contributed by atoms with Gasteiger partial charge in [-0.25, -0.2) is 8.78 Å². The Bertz CT molecular complexity index is 1100. The van der Waals surface area contributed by atoms with Crippen LogP contribution in [0.3, 0.4) is 0 Å². The lowest BCUT2D eigenvalue weighted by atomic mass is 10.0. The number of amides is 2. The number of aromatic nitrogens is 1. The number of benzene rings is 2. The van der Waals surface area contributed by atoms with Crippen molar-refractivity contribution < 1.29 is 18.4 Å². The fourth-order valence-corrected chi connectivity index (χ4v) is 3.50. The van der Waals surface area contributed by atoms with Gasteiger partial charge >= 0.3 is 0 Å². The molecule has 0 radical (unpaired) electrons. The second-order valence-corrected chi connectivity index (χ2v) is 6.64. The first-order valence-electron chi connectivity index (χ1n) is 8.96. The first-order valence-corrected chi connectivity index (χ1v) is 8.96. The molecule has 0 bridgehead atoms. The highest BCUT2D eigenvalue weighted by Crippen LogP contribution is 2.29. The fraction of sp³-hybridized carbons (Fsp3) is 0.190. The highest BCUT2D eigenvalue weighted by atomic mass is 19.2. The molecule has 142 valence electrons. The number of hydrogen-bond donors (Lipinski definition) is 2. The molecule has 2 aromatic carbocycles. The minimum atomic E-state index is -1.05. The minimum Gasteiger partial charge on any atom is -0.343 e. The van der Waals surface area contributed by atoms with Crippen molar-refractivity contribution in [2.75, 3.05) is 11.9 Å². The van der Waals surface area contributed by atoms with Crippen molar-refractivity contribution in [3.05, 3.63) is 70.9 Å². The lowest BCUT2D eigenvalue weighted by Gasteiger charge is -2.13. The molecule has 3 aromatic rings. The van der Waals surface area contributed by atoms with E-state index in [0.717, 1.165) is 53.6 Å². The molecule has 1 aliphatic carbocycles. The van der Waals surface area contributed by atoms with Crippen LogP contribution in [0.4, 0.5) is 14.5 Å². The smallest absolute Gasteiger partial charge is 0.252 e. The zero-order chi connectivity index (χ0) is 19.7. The molecule has 5 nitrogen and oxygen atoms in total. The molecule has 0 saturated carbocycles. The zero-order valence-corrected chi connectivity index (χ0v) is 14.9. The molecule has 2 N–H and O–H groups in total. The first kappa shape index (κ1) is 18.0. The highest BCUT2D eigenvalue weighted by molar-refractivity contribution is 6.09. The molecule has 1 aromatic heterocycles. The van der Waals surface area contributed by atoms with E-state index in [2.05, 4.69) is 15.6 Å². The Morgan fingerprint density at radius 2 is 1.86 bits per heavy atom. The van der Waals surface area contributed by atoms with E-state index in [1.165, 1.54) is 6.07 Å². The van der Waals surface area contributed by atoms with E-state index in [0.29, 0.717) is 5.56 Å². The third-order valence-electron chi connectivity index (χ3n) is 4.76. The summed E-state index contributed by atoms with van der Waals surface area (Å²) in [5.41, 5.74) is 3.28. The number of hydrogen-bond acceptors (Lipinski definition) is 3. The van der Waals surface area contributed by atoms with E-state index in [1.807, 2.05) is 24.3 Å². The van der Waals surface area contributed by atoms with Crippen LogP contribution in [0, 0.1) is 11.6 Å². The number of fused-ring (bicyclic) bond motifs is 2. The Balaban J connectivity index is 1.51. The van der Waals surface area contributed by atoms with Crippen molar-refractivity contribution in [2.24, 2.45) is 0 Å². The van der Waals surface area contributed by atoms with Crippen LogP contribution in [-0.4, -0.2) is 23.3 Å². The maximum atomic E-state index is 13.2. The molecule has 0 aliphatic heterocycles. The van der Waals surface area contributed by atoms with Gasteiger partial charge in [0.1, 0.15) is 0 Å². The van der Waals surface area contributed by atoms with Gasteiger partial charge < -0.3 is 10.6 Å². The van der Waals surface area contributed by atoms with Crippen LogP contribution >= 0.6 is 0 Å². The number of anilines is 1. The van der Waals surface area contributed by atoms with Crippen LogP contribution in [0.2, 0.25) is 0 Å². The van der Waals surface area contributed by atoms with E-state index in [1.54, 1.807) is 0 Å². The van der Waals surface area contributed by atoms with Gasteiger partial charge in [0.05, 0.1) is 17.6 Å². The third kappa shape index (κ3) is 3.43. The number of carbonyl (C=O) groups is 2. The summed E-state index contributed by atoms with van der Waals surface area (Å²) in [6.07, 6.45) is 2.55. The van der Waals surface area contributed by atoms with Crippen LogP contribution in [-0.2, 0) is 17.6 Å². The quantitative estimate of drug-likeness (QED) is 0.728. The third-order valence-corrected chi connectivity index (χ3v) is 4.76. The maximum Gasteiger partial charge on any atom is 0.252 e. The lowest BCUT2D eigenvalue weighted by Crippen LogP contribution is -2.33. The predicted octanol–water partition coefficient (Wildman–Crippen LogP) is 3.37. The van der Waals surface area contributed by atoms with Gasteiger partial charge in [-0.15, -0.1) is 0 Å². The molecule has 7 heteroatoms. The number of pyridine rings is 1. The summed E-state index contributed by atoms with van der Waals surface area (Å²) in [6.45, 7) is -0.288. The largest absolute Gasteiger partial charge is 0.343 e. The minimum absolute atomic E-state index is 0.119. The van der Waals surface area contributed by atoms with Crippen molar-refractivity contribution in [3.63, 3.8) is 0 Å². The fourth-order valence-electron chi connectivity index (χ4n) is 3.50. The van der Waals surface area contributed by atoms with Crippen LogP contribution in [0.15, 0.2) is 42.5 Å². The van der Waals surface area contributed by atoms with Gasteiger partial charge in [0, 0.05) is 22.8 Å². The molecule has 0 spiro atoms. The summed E-state index contributed by atoms with van der Waals surface area (Å²) in [7, 11) is 0. The summed E-state index contributed by atoms with van der Waals surface area (Å²) >= 11 is 0. The lowest BCUT2D eigenvalue weighted by molar-refractivity contribution is -0.115.